The van der Waals surface area contributed by atoms with Crippen LogP contribution in [0.5, 0.6) is 0 Å². The van der Waals surface area contributed by atoms with Crippen LogP contribution >= 0.6 is 0 Å². The summed E-state index contributed by atoms with van der Waals surface area (Å²) in [4.78, 5) is 6.51. The van der Waals surface area contributed by atoms with Crippen molar-refractivity contribution >= 4 is 11.5 Å². The van der Waals surface area contributed by atoms with Crippen LogP contribution in [0.4, 0.5) is 11.5 Å². The Bertz CT molecular complexity index is 362. The van der Waals surface area contributed by atoms with Gasteiger partial charge in [-0.3, -0.25) is 0 Å². The molecule has 1 aromatic rings. The molecule has 0 saturated carbocycles. The van der Waals surface area contributed by atoms with E-state index in [1.807, 2.05) is 26.8 Å². The fraction of sp³-hybridized carbons (Fsp3) is 0.643. The van der Waals surface area contributed by atoms with Crippen LogP contribution in [-0.4, -0.2) is 44.5 Å². The predicted molar refractivity (Wildman–Crippen MR) is 78.6 cm³/mol. The molecule has 108 valence electrons. The van der Waals surface area contributed by atoms with E-state index < -0.39 is 0 Å². The minimum absolute atomic E-state index is 0.664. The van der Waals surface area contributed by atoms with Gasteiger partial charge in [0.25, 0.3) is 0 Å². The molecule has 0 bridgehead atoms. The largest absolute Gasteiger partial charge is 0.396 e. The van der Waals surface area contributed by atoms with E-state index >= 15 is 0 Å². The van der Waals surface area contributed by atoms with E-state index in [0.29, 0.717) is 13.2 Å². The molecular weight excluding hydrogens is 242 g/mol. The summed E-state index contributed by atoms with van der Waals surface area (Å²) in [5.74, 6) is 0.819. The van der Waals surface area contributed by atoms with Gasteiger partial charge in [-0.1, -0.05) is 0 Å². The third-order valence-electron chi connectivity index (χ3n) is 2.91. The van der Waals surface area contributed by atoms with Gasteiger partial charge in [0.05, 0.1) is 18.9 Å². The van der Waals surface area contributed by atoms with Gasteiger partial charge in [-0.15, -0.1) is 0 Å². The molecule has 1 rings (SSSR count). The average Bonchev–Trinajstić information content (AvgIpc) is 2.41. The Morgan fingerprint density at radius 3 is 2.26 bits per heavy atom. The van der Waals surface area contributed by atoms with Gasteiger partial charge in [0.2, 0.25) is 0 Å². The van der Waals surface area contributed by atoms with Gasteiger partial charge in [-0.05, 0) is 32.4 Å². The molecule has 19 heavy (non-hydrogen) atoms. The molecular formula is C14H25N3O2. The lowest BCUT2D eigenvalue weighted by Gasteiger charge is -2.25. The lowest BCUT2D eigenvalue weighted by atomic mass is 10.2. The quantitative estimate of drug-likeness (QED) is 0.692. The SMILES string of the molecule is CCOCCN(CCOCC)c1nccc(C)c1N. The van der Waals surface area contributed by atoms with Crippen molar-refractivity contribution < 1.29 is 9.47 Å². The van der Waals surface area contributed by atoms with Gasteiger partial charge in [0.1, 0.15) is 0 Å². The molecule has 0 unspecified atom stereocenters. The van der Waals surface area contributed by atoms with Crippen LogP contribution in [0.1, 0.15) is 19.4 Å². The molecule has 0 aromatic carbocycles. The van der Waals surface area contributed by atoms with E-state index in [-0.39, 0.29) is 0 Å². The third kappa shape index (κ3) is 5.04. The molecule has 0 aliphatic heterocycles. The molecule has 0 atom stereocenters. The highest BCUT2D eigenvalue weighted by Crippen LogP contribution is 2.22. The number of ether oxygens (including phenoxy) is 2. The first-order valence-corrected chi connectivity index (χ1v) is 6.82. The van der Waals surface area contributed by atoms with Crippen molar-refractivity contribution in [2.45, 2.75) is 20.8 Å². The van der Waals surface area contributed by atoms with Gasteiger partial charge in [0.15, 0.2) is 5.82 Å². The first-order valence-electron chi connectivity index (χ1n) is 6.82. The summed E-state index contributed by atoms with van der Waals surface area (Å²) in [6.07, 6.45) is 1.79. The zero-order chi connectivity index (χ0) is 14.1. The van der Waals surface area contributed by atoms with E-state index in [0.717, 1.165) is 43.4 Å². The number of hydrogen-bond donors (Lipinski definition) is 1. The normalized spacial score (nSPS) is 10.7. The Morgan fingerprint density at radius 2 is 1.74 bits per heavy atom. The summed E-state index contributed by atoms with van der Waals surface area (Å²) >= 11 is 0. The average molecular weight is 267 g/mol. The fourth-order valence-corrected chi connectivity index (χ4v) is 1.77. The number of aromatic nitrogens is 1. The zero-order valence-electron chi connectivity index (χ0n) is 12.2. The molecule has 1 aromatic heterocycles. The number of aryl methyl sites for hydroxylation is 1. The van der Waals surface area contributed by atoms with Crippen LogP contribution in [0.25, 0.3) is 0 Å². The predicted octanol–water partition coefficient (Wildman–Crippen LogP) is 1.85. The van der Waals surface area contributed by atoms with Gasteiger partial charge >= 0.3 is 0 Å². The van der Waals surface area contributed by atoms with Crippen LogP contribution < -0.4 is 10.6 Å². The van der Waals surface area contributed by atoms with Gasteiger partial charge < -0.3 is 20.1 Å². The van der Waals surface area contributed by atoms with Crippen molar-refractivity contribution in [2.75, 3.05) is 50.2 Å². The molecule has 0 amide bonds. The third-order valence-corrected chi connectivity index (χ3v) is 2.91. The summed E-state index contributed by atoms with van der Waals surface area (Å²) in [7, 11) is 0. The number of rotatable bonds is 9. The molecule has 0 aliphatic rings. The molecule has 0 spiro atoms. The Hall–Kier alpha value is -1.33. The molecule has 2 N–H and O–H groups in total. The lowest BCUT2D eigenvalue weighted by molar-refractivity contribution is 0.141. The lowest BCUT2D eigenvalue weighted by Crippen LogP contribution is -2.32. The van der Waals surface area contributed by atoms with Gasteiger partial charge in [-0.25, -0.2) is 4.98 Å². The highest BCUT2D eigenvalue weighted by molar-refractivity contribution is 5.66. The van der Waals surface area contributed by atoms with E-state index in [1.165, 1.54) is 0 Å². The van der Waals surface area contributed by atoms with Crippen molar-refractivity contribution in [3.05, 3.63) is 17.8 Å². The fourth-order valence-electron chi connectivity index (χ4n) is 1.77. The highest BCUT2D eigenvalue weighted by Gasteiger charge is 2.12. The Labute approximate surface area is 115 Å². The molecule has 5 heteroatoms. The number of anilines is 2. The minimum atomic E-state index is 0.664. The van der Waals surface area contributed by atoms with Crippen LogP contribution in [0.2, 0.25) is 0 Å². The molecule has 0 fully saturated rings. The van der Waals surface area contributed by atoms with Crippen molar-refractivity contribution in [1.29, 1.82) is 0 Å². The second-order valence-electron chi connectivity index (χ2n) is 4.25. The summed E-state index contributed by atoms with van der Waals surface area (Å²) in [5, 5.41) is 0. The highest BCUT2D eigenvalue weighted by atomic mass is 16.5. The van der Waals surface area contributed by atoms with Crippen molar-refractivity contribution in [3.63, 3.8) is 0 Å². The van der Waals surface area contributed by atoms with E-state index in [9.17, 15) is 0 Å². The van der Waals surface area contributed by atoms with Gasteiger partial charge in [-0.2, -0.15) is 0 Å². The molecule has 0 saturated heterocycles. The Morgan fingerprint density at radius 1 is 1.16 bits per heavy atom. The van der Waals surface area contributed by atoms with Crippen molar-refractivity contribution in [3.8, 4) is 0 Å². The Kier molecular flexibility index (Phi) is 7.22. The zero-order valence-corrected chi connectivity index (χ0v) is 12.2. The molecule has 0 aliphatic carbocycles. The molecule has 0 radical (unpaired) electrons. The standard InChI is InChI=1S/C14H25N3O2/c1-4-18-10-8-17(9-11-19-5-2)14-13(15)12(3)6-7-16-14/h6-7H,4-5,8-11,15H2,1-3H3. The maximum Gasteiger partial charge on any atom is 0.152 e. The minimum Gasteiger partial charge on any atom is -0.396 e. The first-order chi connectivity index (χ1) is 9.20. The van der Waals surface area contributed by atoms with Crippen LogP contribution in [-0.2, 0) is 9.47 Å². The number of nitrogens with two attached hydrogens (primary N) is 1. The Balaban J connectivity index is 2.72. The summed E-state index contributed by atoms with van der Waals surface area (Å²) in [5.41, 5.74) is 7.88. The second kappa shape index (κ2) is 8.72. The number of hydrogen-bond acceptors (Lipinski definition) is 5. The maximum absolute atomic E-state index is 6.11. The summed E-state index contributed by atoms with van der Waals surface area (Å²) in [6.45, 7) is 10.3. The van der Waals surface area contributed by atoms with E-state index in [1.54, 1.807) is 6.20 Å². The number of nitrogen functional groups attached to an aromatic ring is 1. The van der Waals surface area contributed by atoms with Crippen LogP contribution in [0, 0.1) is 6.92 Å². The van der Waals surface area contributed by atoms with E-state index in [2.05, 4.69) is 9.88 Å². The van der Waals surface area contributed by atoms with Crippen molar-refractivity contribution in [1.82, 2.24) is 4.98 Å². The van der Waals surface area contributed by atoms with Crippen LogP contribution in [0.15, 0.2) is 12.3 Å². The maximum atomic E-state index is 6.11. The monoisotopic (exact) mass is 267 g/mol. The van der Waals surface area contributed by atoms with E-state index in [4.69, 9.17) is 15.2 Å². The van der Waals surface area contributed by atoms with Crippen LogP contribution in [0.3, 0.4) is 0 Å². The van der Waals surface area contributed by atoms with Gasteiger partial charge in [0, 0.05) is 32.5 Å². The topological polar surface area (TPSA) is 60.6 Å². The number of pyridine rings is 1. The number of nitrogens with zero attached hydrogens (tertiary/aromatic N) is 2. The molecule has 1 heterocycles. The second-order valence-corrected chi connectivity index (χ2v) is 4.25. The smallest absolute Gasteiger partial charge is 0.152 e. The first kappa shape index (κ1) is 15.7. The molecule has 5 nitrogen and oxygen atoms in total. The summed E-state index contributed by atoms with van der Waals surface area (Å²) < 4.78 is 10.8. The van der Waals surface area contributed by atoms with Crippen molar-refractivity contribution in [2.24, 2.45) is 0 Å². The summed E-state index contributed by atoms with van der Waals surface area (Å²) in [6, 6.07) is 1.92.